The topological polar surface area (TPSA) is 44.9 Å². The molecule has 0 saturated heterocycles. The van der Waals surface area contributed by atoms with Crippen LogP contribution in [0.15, 0.2) is 91.1 Å². The molecular weight excluding hydrogens is 791 g/mol. The number of aryl methyl sites for hydroxylation is 1. The fraction of sp³-hybridized carbons (Fsp3) is 0.238. The average Bonchev–Trinajstić information content (AvgIpc) is 3.52. The normalized spacial score (nSPS) is 12.0. The second-order valence-electron chi connectivity index (χ2n) is 14.5. The predicted molar refractivity (Wildman–Crippen MR) is 192 cm³/mol. The smallest absolute Gasteiger partial charge is 0.509 e. The summed E-state index contributed by atoms with van der Waals surface area (Å²) < 4.78 is 25.1. The molecule has 0 amide bonds. The molecule has 0 unspecified atom stereocenters. The van der Waals surface area contributed by atoms with E-state index < -0.39 is 0 Å². The molecule has 0 spiro atoms. The molecule has 4 aromatic carbocycles. The Labute approximate surface area is 302 Å². The van der Waals surface area contributed by atoms with Gasteiger partial charge in [-0.1, -0.05) is 77.4 Å². The van der Waals surface area contributed by atoms with E-state index >= 15 is 0 Å². The fourth-order valence-corrected chi connectivity index (χ4v) is 6.35. The van der Waals surface area contributed by atoms with E-state index in [4.69, 9.17) is 14.8 Å². The zero-order valence-electron chi connectivity index (χ0n) is 29.1. The van der Waals surface area contributed by atoms with E-state index in [1.54, 1.807) is 12.1 Å². The first-order chi connectivity index (χ1) is 22.8. The molecule has 0 aliphatic carbocycles. The third kappa shape index (κ3) is 6.47. The number of rotatable bonds is 5. The zero-order valence-corrected chi connectivity index (χ0v) is 31.3. The molecule has 250 valence electrons. The Morgan fingerprint density at radius 1 is 0.735 bits per heavy atom. The van der Waals surface area contributed by atoms with Crippen LogP contribution in [0.25, 0.3) is 44.4 Å². The van der Waals surface area contributed by atoms with Crippen LogP contribution in [0.2, 0.25) is 0 Å². The summed E-state index contributed by atoms with van der Waals surface area (Å²) in [6, 6.07) is 34.3. The molecule has 0 aliphatic heterocycles. The maximum Gasteiger partial charge on any atom is 2.00 e. The molecule has 0 N–H and O–H groups in total. The second kappa shape index (κ2) is 12.7. The van der Waals surface area contributed by atoms with Crippen LogP contribution >= 0.6 is 0 Å². The van der Waals surface area contributed by atoms with Crippen LogP contribution in [0.5, 0.6) is 11.5 Å². The summed E-state index contributed by atoms with van der Waals surface area (Å²) in [6.07, 6.45) is 1.83. The first kappa shape index (κ1) is 34.3. The van der Waals surface area contributed by atoms with Crippen LogP contribution in [0.1, 0.15) is 64.1 Å². The molecule has 7 rings (SSSR count). The first-order valence-electron chi connectivity index (χ1n) is 16.3. The van der Waals surface area contributed by atoms with E-state index in [1.807, 2.05) is 64.8 Å². The monoisotopic (exact) mass is 829 g/mol. The third-order valence-corrected chi connectivity index (χ3v) is 8.95. The van der Waals surface area contributed by atoms with Gasteiger partial charge in [0.1, 0.15) is 11.6 Å². The van der Waals surface area contributed by atoms with Gasteiger partial charge < -0.3 is 9.30 Å². The average molecular weight is 830 g/mol. The van der Waals surface area contributed by atoms with E-state index in [0.29, 0.717) is 11.5 Å². The van der Waals surface area contributed by atoms with Crippen LogP contribution in [-0.2, 0) is 31.9 Å². The minimum absolute atomic E-state index is 0. The van der Waals surface area contributed by atoms with Crippen molar-refractivity contribution in [3.8, 4) is 34.1 Å². The summed E-state index contributed by atoms with van der Waals surface area (Å²) in [4.78, 5) is 4.75. The molecule has 5 nitrogen and oxygen atoms in total. The maximum atomic E-state index is 14.6. The van der Waals surface area contributed by atoms with Gasteiger partial charge in [-0.05, 0) is 77.2 Å². The largest absolute Gasteiger partial charge is 2.00 e. The van der Waals surface area contributed by atoms with E-state index in [2.05, 4.69) is 84.9 Å². The first-order valence-corrected chi connectivity index (χ1v) is 16.3. The molecular formula is C42H39FN4OPt. The Kier molecular flexibility index (Phi) is 8.92. The Bertz CT molecular complexity index is 2320. The van der Waals surface area contributed by atoms with Crippen molar-refractivity contribution in [2.24, 2.45) is 0 Å². The van der Waals surface area contributed by atoms with Gasteiger partial charge >= 0.3 is 21.1 Å². The standard InChI is InChI=1S/C42H39FN4O.Pt/c1-26-40(28-12-10-9-11-13-28)27(2)47(45-26)32-20-30(42(6,7)8)21-34(24-32)48-33-15-16-35-36-23-31(43)14-17-37(36)46(38(35)25-33)39-22-29(18-19-44-39)41(3,4)5;/h9-23H,1-8H3;/q-2;+2. The van der Waals surface area contributed by atoms with Gasteiger partial charge in [0, 0.05) is 34.5 Å². The van der Waals surface area contributed by atoms with E-state index in [9.17, 15) is 4.39 Å². The van der Waals surface area contributed by atoms with Crippen molar-refractivity contribution in [1.82, 2.24) is 19.3 Å². The number of pyridine rings is 1. The zero-order chi connectivity index (χ0) is 34.0. The van der Waals surface area contributed by atoms with Gasteiger partial charge in [-0.3, -0.25) is 4.68 Å². The summed E-state index contributed by atoms with van der Waals surface area (Å²) in [6.45, 7) is 17.2. The minimum Gasteiger partial charge on any atom is -0.509 e. The van der Waals surface area contributed by atoms with Gasteiger partial charge in [0.05, 0.1) is 5.69 Å². The SMILES string of the molecule is Cc1nn(-c2[c-]c(Oc3[c-]c4c(cc3)c3cc(F)ccc3n4-c3cc(C(C)(C)C)ccn3)cc(C(C)(C)C)c2)c(C)c1-c1ccccc1.[Pt+2]. The van der Waals surface area contributed by atoms with Crippen LogP contribution in [0.3, 0.4) is 0 Å². The van der Waals surface area contributed by atoms with Gasteiger partial charge in [-0.25, -0.2) is 9.37 Å². The van der Waals surface area contributed by atoms with Crippen molar-refractivity contribution in [2.45, 2.75) is 66.2 Å². The second-order valence-corrected chi connectivity index (χ2v) is 14.5. The van der Waals surface area contributed by atoms with Crippen LogP contribution < -0.4 is 4.74 Å². The summed E-state index contributed by atoms with van der Waals surface area (Å²) in [7, 11) is 0. The van der Waals surface area contributed by atoms with Gasteiger partial charge in [0.2, 0.25) is 0 Å². The van der Waals surface area contributed by atoms with Crippen molar-refractivity contribution >= 4 is 21.8 Å². The van der Waals surface area contributed by atoms with Crippen molar-refractivity contribution in [1.29, 1.82) is 0 Å². The number of ether oxygens (including phenoxy) is 1. The third-order valence-electron chi connectivity index (χ3n) is 8.95. The van der Waals surface area contributed by atoms with E-state index in [1.165, 1.54) is 6.07 Å². The molecule has 7 heteroatoms. The number of hydrogen-bond donors (Lipinski definition) is 0. The van der Waals surface area contributed by atoms with Gasteiger partial charge in [0.25, 0.3) is 0 Å². The predicted octanol–water partition coefficient (Wildman–Crippen LogP) is 10.8. The summed E-state index contributed by atoms with van der Waals surface area (Å²) in [5.74, 6) is 1.53. The number of halogens is 1. The van der Waals surface area contributed by atoms with Crippen molar-refractivity contribution in [3.05, 3.63) is 132 Å². The molecule has 0 aliphatic rings. The van der Waals surface area contributed by atoms with E-state index in [-0.39, 0.29) is 37.7 Å². The summed E-state index contributed by atoms with van der Waals surface area (Å²) in [5.41, 5.74) is 8.63. The molecule has 0 atom stereocenters. The van der Waals surface area contributed by atoms with Gasteiger partial charge in [0.15, 0.2) is 0 Å². The van der Waals surface area contributed by atoms with Crippen molar-refractivity contribution < 1.29 is 30.2 Å². The summed E-state index contributed by atoms with van der Waals surface area (Å²) in [5, 5.41) is 6.61. The molecule has 0 saturated carbocycles. The molecule has 0 fully saturated rings. The molecule has 3 heterocycles. The number of aromatic nitrogens is 4. The maximum absolute atomic E-state index is 14.6. The Morgan fingerprint density at radius 3 is 2.18 bits per heavy atom. The number of fused-ring (bicyclic) bond motifs is 3. The van der Waals surface area contributed by atoms with Crippen LogP contribution in [0.4, 0.5) is 4.39 Å². The minimum atomic E-state index is -0.293. The molecule has 49 heavy (non-hydrogen) atoms. The summed E-state index contributed by atoms with van der Waals surface area (Å²) >= 11 is 0. The Hall–Kier alpha value is -4.54. The van der Waals surface area contributed by atoms with Crippen molar-refractivity contribution in [3.63, 3.8) is 0 Å². The van der Waals surface area contributed by atoms with Gasteiger partial charge in [-0.2, -0.15) is 11.2 Å². The fourth-order valence-electron chi connectivity index (χ4n) is 6.35. The number of nitrogens with zero attached hydrogens (tertiary/aromatic N) is 4. The Balaban J connectivity index is 0.00000417. The quantitative estimate of drug-likeness (QED) is 0.162. The molecule has 7 aromatic rings. The number of benzene rings is 4. The van der Waals surface area contributed by atoms with Crippen LogP contribution in [0, 0.1) is 31.8 Å². The van der Waals surface area contributed by atoms with E-state index in [0.717, 1.165) is 67.0 Å². The molecule has 3 aromatic heterocycles. The van der Waals surface area contributed by atoms with Crippen molar-refractivity contribution in [2.75, 3.05) is 0 Å². The molecule has 0 bridgehead atoms. The van der Waals surface area contributed by atoms with Gasteiger partial charge in [-0.15, -0.1) is 41.3 Å². The Morgan fingerprint density at radius 2 is 1.47 bits per heavy atom. The number of hydrogen-bond acceptors (Lipinski definition) is 3. The van der Waals surface area contributed by atoms with Crippen LogP contribution in [-0.4, -0.2) is 19.3 Å². The molecule has 0 radical (unpaired) electrons.